The maximum absolute atomic E-state index is 13.4. The van der Waals surface area contributed by atoms with E-state index < -0.39 is 11.6 Å². The molecule has 16 heavy (non-hydrogen) atoms. The van der Waals surface area contributed by atoms with Crippen LogP contribution in [0.4, 0.5) is 8.78 Å². The van der Waals surface area contributed by atoms with Gasteiger partial charge in [-0.2, -0.15) is 0 Å². The molecule has 0 saturated carbocycles. The van der Waals surface area contributed by atoms with Crippen LogP contribution in [-0.4, -0.2) is 6.54 Å². The average molecular weight is 292 g/mol. The minimum absolute atomic E-state index is 0.0597. The average Bonchev–Trinajstić information content (AvgIpc) is 2.29. The Hall–Kier alpha value is -0.480. The molecule has 1 nitrogen and oxygen atoms in total. The first-order valence-electron chi connectivity index (χ1n) is 5.48. The molecule has 0 bridgehead atoms. The highest BCUT2D eigenvalue weighted by atomic mass is 79.9. The van der Waals surface area contributed by atoms with Crippen molar-refractivity contribution in [2.24, 2.45) is 0 Å². The van der Waals surface area contributed by atoms with Gasteiger partial charge < -0.3 is 5.32 Å². The van der Waals surface area contributed by atoms with E-state index in [1.807, 2.05) is 6.92 Å². The van der Waals surface area contributed by atoms with Crippen LogP contribution in [0.2, 0.25) is 0 Å². The van der Waals surface area contributed by atoms with Gasteiger partial charge in [0.25, 0.3) is 0 Å². The van der Waals surface area contributed by atoms with Gasteiger partial charge in [0, 0.05) is 6.04 Å². The second-order valence-electron chi connectivity index (χ2n) is 3.68. The molecule has 0 saturated heterocycles. The molecule has 0 aliphatic rings. The molecule has 0 amide bonds. The predicted octanol–water partition coefficient (Wildman–Crippen LogP) is 4.18. The summed E-state index contributed by atoms with van der Waals surface area (Å²) in [4.78, 5) is 0. The van der Waals surface area contributed by atoms with Gasteiger partial charge in [0.1, 0.15) is 0 Å². The summed E-state index contributed by atoms with van der Waals surface area (Å²) in [5.41, 5.74) is 0.773. The zero-order valence-electron chi connectivity index (χ0n) is 9.49. The largest absolute Gasteiger partial charge is 0.310 e. The van der Waals surface area contributed by atoms with Crippen molar-refractivity contribution in [3.05, 3.63) is 33.8 Å². The molecule has 1 aromatic carbocycles. The van der Waals surface area contributed by atoms with Crippen LogP contribution in [0.5, 0.6) is 0 Å². The van der Waals surface area contributed by atoms with E-state index in [4.69, 9.17) is 0 Å². The molecule has 0 aromatic heterocycles. The number of nitrogens with one attached hydrogen (secondary N) is 1. The molecule has 0 radical (unpaired) electrons. The van der Waals surface area contributed by atoms with E-state index in [-0.39, 0.29) is 10.5 Å². The van der Waals surface area contributed by atoms with Crippen molar-refractivity contribution in [2.75, 3.05) is 6.54 Å². The Morgan fingerprint density at radius 1 is 1.31 bits per heavy atom. The summed E-state index contributed by atoms with van der Waals surface area (Å²) in [7, 11) is 0. The van der Waals surface area contributed by atoms with Gasteiger partial charge in [-0.15, -0.1) is 0 Å². The van der Waals surface area contributed by atoms with Gasteiger partial charge in [-0.3, -0.25) is 0 Å². The van der Waals surface area contributed by atoms with Gasteiger partial charge in [-0.1, -0.05) is 19.9 Å². The van der Waals surface area contributed by atoms with Crippen LogP contribution < -0.4 is 5.32 Å². The summed E-state index contributed by atoms with van der Waals surface area (Å²) in [5, 5.41) is 3.30. The van der Waals surface area contributed by atoms with Crippen molar-refractivity contribution in [3.8, 4) is 0 Å². The second-order valence-corrected chi connectivity index (χ2v) is 4.47. The van der Waals surface area contributed by atoms with Crippen LogP contribution in [0.25, 0.3) is 0 Å². The molecule has 90 valence electrons. The molecule has 1 N–H and O–H groups in total. The van der Waals surface area contributed by atoms with Crippen LogP contribution in [-0.2, 0) is 0 Å². The second kappa shape index (κ2) is 6.30. The Morgan fingerprint density at radius 3 is 2.56 bits per heavy atom. The smallest absolute Gasteiger partial charge is 0.173 e. The van der Waals surface area contributed by atoms with Crippen molar-refractivity contribution in [1.82, 2.24) is 5.32 Å². The first kappa shape index (κ1) is 13.6. The molecule has 4 heteroatoms. The molecule has 1 rings (SSSR count). The quantitative estimate of drug-likeness (QED) is 0.803. The zero-order valence-corrected chi connectivity index (χ0v) is 11.1. The summed E-state index contributed by atoms with van der Waals surface area (Å²) < 4.78 is 26.5. The van der Waals surface area contributed by atoms with Crippen LogP contribution in [0, 0.1) is 11.6 Å². The molecule has 0 fully saturated rings. The highest BCUT2D eigenvalue weighted by Gasteiger charge is 2.17. The Bertz CT molecular complexity index is 355. The highest BCUT2D eigenvalue weighted by molar-refractivity contribution is 9.10. The topological polar surface area (TPSA) is 12.0 Å². The van der Waals surface area contributed by atoms with Crippen molar-refractivity contribution in [2.45, 2.75) is 32.7 Å². The molecule has 1 atom stereocenters. The standard InChI is InChI=1S/C12H16BrF2N/c1-3-7-16-10(4-2)8-5-6-9(14)12(15)11(8)13/h5-6,10,16H,3-4,7H2,1-2H3. The van der Waals surface area contributed by atoms with Crippen LogP contribution in [0.1, 0.15) is 38.3 Å². The van der Waals surface area contributed by atoms with E-state index in [1.54, 1.807) is 6.07 Å². The molecule has 1 unspecified atom stereocenters. The van der Waals surface area contributed by atoms with Gasteiger partial charge in [0.15, 0.2) is 11.6 Å². The first-order chi connectivity index (χ1) is 7.61. The summed E-state index contributed by atoms with van der Waals surface area (Å²) >= 11 is 3.11. The normalized spacial score (nSPS) is 12.8. The number of benzene rings is 1. The van der Waals surface area contributed by atoms with Gasteiger partial charge in [-0.05, 0) is 46.9 Å². The van der Waals surface area contributed by atoms with Crippen LogP contribution in [0.15, 0.2) is 16.6 Å². The van der Waals surface area contributed by atoms with Gasteiger partial charge in [-0.25, -0.2) is 8.78 Å². The number of hydrogen-bond donors (Lipinski definition) is 1. The molecular formula is C12H16BrF2N. The molecule has 0 aliphatic heterocycles. The fourth-order valence-corrected chi connectivity index (χ4v) is 2.20. The fraction of sp³-hybridized carbons (Fsp3) is 0.500. The number of rotatable bonds is 5. The first-order valence-corrected chi connectivity index (χ1v) is 6.27. The SMILES string of the molecule is CCCNC(CC)c1ccc(F)c(F)c1Br. The molecule has 1 aromatic rings. The zero-order chi connectivity index (χ0) is 12.1. The van der Waals surface area contributed by atoms with E-state index in [2.05, 4.69) is 28.2 Å². The van der Waals surface area contributed by atoms with Gasteiger partial charge in [0.2, 0.25) is 0 Å². The Kier molecular flexibility index (Phi) is 5.35. The van der Waals surface area contributed by atoms with E-state index >= 15 is 0 Å². The summed E-state index contributed by atoms with van der Waals surface area (Å²) in [6.45, 7) is 4.95. The predicted molar refractivity (Wildman–Crippen MR) is 65.4 cm³/mol. The van der Waals surface area contributed by atoms with Crippen molar-refractivity contribution >= 4 is 15.9 Å². The Morgan fingerprint density at radius 2 is 2.00 bits per heavy atom. The number of hydrogen-bond acceptors (Lipinski definition) is 1. The summed E-state index contributed by atoms with van der Waals surface area (Å²) in [6, 6.07) is 2.86. The third-order valence-electron chi connectivity index (χ3n) is 2.49. The number of halogens is 3. The third kappa shape index (κ3) is 3.01. The lowest BCUT2D eigenvalue weighted by Crippen LogP contribution is -2.22. The summed E-state index contributed by atoms with van der Waals surface area (Å²) in [5.74, 6) is -1.63. The fourth-order valence-electron chi connectivity index (χ4n) is 1.60. The monoisotopic (exact) mass is 291 g/mol. The van der Waals surface area contributed by atoms with Crippen LogP contribution >= 0.6 is 15.9 Å². The van der Waals surface area contributed by atoms with Crippen molar-refractivity contribution in [1.29, 1.82) is 0 Å². The molecule has 0 spiro atoms. The highest BCUT2D eigenvalue weighted by Crippen LogP contribution is 2.29. The molecular weight excluding hydrogens is 276 g/mol. The Balaban J connectivity index is 2.96. The lowest BCUT2D eigenvalue weighted by atomic mass is 10.0. The van der Waals surface area contributed by atoms with Crippen LogP contribution in [0.3, 0.4) is 0 Å². The van der Waals surface area contributed by atoms with Gasteiger partial charge >= 0.3 is 0 Å². The minimum atomic E-state index is -0.819. The maximum Gasteiger partial charge on any atom is 0.173 e. The Labute approximate surface area is 103 Å². The van der Waals surface area contributed by atoms with Crippen molar-refractivity contribution in [3.63, 3.8) is 0 Å². The lowest BCUT2D eigenvalue weighted by molar-refractivity contribution is 0.484. The third-order valence-corrected chi connectivity index (χ3v) is 3.30. The van der Waals surface area contributed by atoms with Gasteiger partial charge in [0.05, 0.1) is 4.47 Å². The molecule has 0 heterocycles. The van der Waals surface area contributed by atoms with Crippen molar-refractivity contribution < 1.29 is 8.78 Å². The van der Waals surface area contributed by atoms with E-state index in [0.717, 1.165) is 24.9 Å². The minimum Gasteiger partial charge on any atom is -0.310 e. The van der Waals surface area contributed by atoms with E-state index in [1.165, 1.54) is 6.07 Å². The van der Waals surface area contributed by atoms with E-state index in [0.29, 0.717) is 0 Å². The maximum atomic E-state index is 13.4. The lowest BCUT2D eigenvalue weighted by Gasteiger charge is -2.18. The molecule has 0 aliphatic carbocycles. The summed E-state index contributed by atoms with van der Waals surface area (Å²) in [6.07, 6.45) is 1.85. The van der Waals surface area contributed by atoms with E-state index in [9.17, 15) is 8.78 Å².